The van der Waals surface area contributed by atoms with Crippen molar-refractivity contribution in [2.24, 2.45) is 0 Å². The van der Waals surface area contributed by atoms with Crippen LogP contribution in [0.5, 0.6) is 0 Å². The van der Waals surface area contributed by atoms with Crippen molar-refractivity contribution >= 4 is 22.8 Å². The van der Waals surface area contributed by atoms with Crippen LogP contribution in [0.3, 0.4) is 0 Å². The first-order chi connectivity index (χ1) is 13.6. The number of aryl methyl sites for hydroxylation is 1. The zero-order chi connectivity index (χ0) is 19.9. The van der Waals surface area contributed by atoms with E-state index in [0.29, 0.717) is 31.4 Å². The summed E-state index contributed by atoms with van der Waals surface area (Å²) in [7, 11) is 1.38. The number of fused-ring (bicyclic) bond motifs is 1. The number of nitrogens with one attached hydrogen (secondary N) is 1. The number of hydrogen-bond donors (Lipinski definition) is 1. The van der Waals surface area contributed by atoms with E-state index in [2.05, 4.69) is 10.1 Å². The van der Waals surface area contributed by atoms with Crippen LogP contribution in [0.1, 0.15) is 35.2 Å². The van der Waals surface area contributed by atoms with Gasteiger partial charge in [0.05, 0.1) is 23.9 Å². The van der Waals surface area contributed by atoms with Gasteiger partial charge in [-0.15, -0.1) is 0 Å². The summed E-state index contributed by atoms with van der Waals surface area (Å²) in [5.41, 5.74) is 4.32. The Morgan fingerprint density at radius 1 is 1.04 bits per heavy atom. The van der Waals surface area contributed by atoms with Crippen LogP contribution >= 0.6 is 0 Å². The summed E-state index contributed by atoms with van der Waals surface area (Å²) in [6.45, 7) is 2.54. The molecule has 1 N–H and O–H groups in total. The number of nitrogens with zero attached hydrogens (tertiary/aromatic N) is 1. The van der Waals surface area contributed by atoms with Crippen LogP contribution in [0.25, 0.3) is 22.2 Å². The van der Waals surface area contributed by atoms with Gasteiger partial charge in [0.25, 0.3) is 5.91 Å². The summed E-state index contributed by atoms with van der Waals surface area (Å²) in [5.74, 6) is -0.362. The average molecular weight is 376 g/mol. The van der Waals surface area contributed by atoms with Gasteiger partial charge in [0, 0.05) is 23.9 Å². The molecule has 0 aliphatic heterocycles. The van der Waals surface area contributed by atoms with E-state index in [1.165, 1.54) is 12.7 Å². The predicted octanol–water partition coefficient (Wildman–Crippen LogP) is 4.28. The van der Waals surface area contributed by atoms with Gasteiger partial charge in [-0.25, -0.2) is 4.98 Å². The van der Waals surface area contributed by atoms with Crippen molar-refractivity contribution in [1.29, 1.82) is 0 Å². The maximum Gasteiger partial charge on any atom is 0.305 e. The highest BCUT2D eigenvalue weighted by Crippen LogP contribution is 2.25. The van der Waals surface area contributed by atoms with Crippen molar-refractivity contribution < 1.29 is 14.3 Å². The van der Waals surface area contributed by atoms with Crippen LogP contribution in [-0.4, -0.2) is 30.5 Å². The van der Waals surface area contributed by atoms with E-state index >= 15 is 0 Å². The maximum atomic E-state index is 12.8. The second-order valence-electron chi connectivity index (χ2n) is 6.73. The summed E-state index contributed by atoms with van der Waals surface area (Å²) in [6.07, 6.45) is 1.76. The van der Waals surface area contributed by atoms with Crippen LogP contribution in [0, 0.1) is 6.92 Å². The number of ether oxygens (including phenoxy) is 1. The van der Waals surface area contributed by atoms with Gasteiger partial charge in [0.15, 0.2) is 0 Å². The van der Waals surface area contributed by atoms with Gasteiger partial charge in [-0.05, 0) is 31.9 Å². The number of para-hydroxylation sites is 1. The molecule has 3 aromatic rings. The molecule has 0 atom stereocenters. The average Bonchev–Trinajstić information content (AvgIpc) is 2.72. The maximum absolute atomic E-state index is 12.8. The second kappa shape index (κ2) is 9.13. The minimum atomic E-state index is -0.228. The molecule has 1 amide bonds. The molecule has 0 fully saturated rings. The summed E-state index contributed by atoms with van der Waals surface area (Å²) < 4.78 is 4.62. The van der Waals surface area contributed by atoms with Crippen molar-refractivity contribution in [1.82, 2.24) is 10.3 Å². The van der Waals surface area contributed by atoms with Crippen LogP contribution < -0.4 is 5.32 Å². The van der Waals surface area contributed by atoms with E-state index in [0.717, 1.165) is 22.2 Å². The number of hydrogen-bond acceptors (Lipinski definition) is 4. The largest absolute Gasteiger partial charge is 0.469 e. The highest BCUT2D eigenvalue weighted by molar-refractivity contribution is 6.07. The van der Waals surface area contributed by atoms with Gasteiger partial charge in [-0.2, -0.15) is 0 Å². The topological polar surface area (TPSA) is 68.3 Å². The molecule has 0 saturated carbocycles. The molecular weight excluding hydrogens is 352 g/mol. The summed E-state index contributed by atoms with van der Waals surface area (Å²) in [6, 6.07) is 17.6. The molecule has 5 heteroatoms. The van der Waals surface area contributed by atoms with Crippen molar-refractivity contribution in [2.75, 3.05) is 13.7 Å². The second-order valence-corrected chi connectivity index (χ2v) is 6.73. The number of aromatic nitrogens is 1. The third-order valence-electron chi connectivity index (χ3n) is 4.63. The molecule has 1 heterocycles. The number of amides is 1. The first-order valence-electron chi connectivity index (χ1n) is 9.40. The fraction of sp³-hybridized carbons (Fsp3) is 0.261. The molecule has 0 bridgehead atoms. The van der Waals surface area contributed by atoms with E-state index in [9.17, 15) is 9.59 Å². The number of pyridine rings is 1. The Kier molecular flexibility index (Phi) is 6.37. The van der Waals surface area contributed by atoms with Crippen LogP contribution in [0.4, 0.5) is 0 Å². The third-order valence-corrected chi connectivity index (χ3v) is 4.63. The Labute approximate surface area is 164 Å². The molecule has 28 heavy (non-hydrogen) atoms. The van der Waals surface area contributed by atoms with Gasteiger partial charge >= 0.3 is 5.97 Å². The molecule has 0 radical (unpaired) electrons. The molecule has 0 saturated heterocycles. The Morgan fingerprint density at radius 2 is 1.79 bits per heavy atom. The van der Waals surface area contributed by atoms with Gasteiger partial charge in [0.1, 0.15) is 0 Å². The first-order valence-corrected chi connectivity index (χ1v) is 9.40. The van der Waals surface area contributed by atoms with Crippen LogP contribution in [-0.2, 0) is 9.53 Å². The third kappa shape index (κ3) is 4.74. The molecule has 2 aromatic carbocycles. The quantitative estimate of drug-likeness (QED) is 0.493. The van der Waals surface area contributed by atoms with Crippen LogP contribution in [0.2, 0.25) is 0 Å². The molecule has 0 unspecified atom stereocenters. The number of carbonyl (C=O) groups excluding carboxylic acids is 2. The van der Waals surface area contributed by atoms with E-state index in [4.69, 9.17) is 4.98 Å². The molecule has 5 nitrogen and oxygen atoms in total. The van der Waals surface area contributed by atoms with E-state index in [-0.39, 0.29) is 11.9 Å². The SMILES string of the molecule is COC(=O)CCCCNC(=O)c1cc(-c2ccc(C)cc2)nc2ccccc12. The Bertz CT molecular complexity index is 981. The normalized spacial score (nSPS) is 10.6. The van der Waals surface area contributed by atoms with E-state index in [1.54, 1.807) is 0 Å². The van der Waals surface area contributed by atoms with Crippen molar-refractivity contribution in [3.05, 3.63) is 65.7 Å². The molecule has 144 valence electrons. The molecule has 1 aromatic heterocycles. The van der Waals surface area contributed by atoms with Crippen molar-refractivity contribution in [2.45, 2.75) is 26.2 Å². The van der Waals surface area contributed by atoms with Crippen LogP contribution in [0.15, 0.2) is 54.6 Å². The van der Waals surface area contributed by atoms with E-state index in [1.807, 2.05) is 61.5 Å². The number of carbonyl (C=O) groups is 2. The highest BCUT2D eigenvalue weighted by atomic mass is 16.5. The van der Waals surface area contributed by atoms with Crippen molar-refractivity contribution in [3.8, 4) is 11.3 Å². The number of rotatable bonds is 7. The highest BCUT2D eigenvalue weighted by Gasteiger charge is 2.13. The minimum Gasteiger partial charge on any atom is -0.469 e. The van der Waals surface area contributed by atoms with Crippen molar-refractivity contribution in [3.63, 3.8) is 0 Å². The zero-order valence-corrected chi connectivity index (χ0v) is 16.2. The molecular formula is C23H24N2O3. The minimum absolute atomic E-state index is 0.134. The van der Waals surface area contributed by atoms with Gasteiger partial charge < -0.3 is 10.1 Å². The standard InChI is InChI=1S/C23H24N2O3/c1-16-10-12-17(13-11-16)21-15-19(18-7-3-4-8-20(18)25-21)23(27)24-14-6-5-9-22(26)28-2/h3-4,7-8,10-13,15H,5-6,9,14H2,1-2H3,(H,24,27). The molecule has 0 spiro atoms. The zero-order valence-electron chi connectivity index (χ0n) is 16.2. The fourth-order valence-corrected chi connectivity index (χ4v) is 3.03. The summed E-state index contributed by atoms with van der Waals surface area (Å²) >= 11 is 0. The molecule has 3 rings (SSSR count). The Balaban J connectivity index is 1.80. The molecule has 0 aliphatic rings. The fourth-order valence-electron chi connectivity index (χ4n) is 3.03. The smallest absolute Gasteiger partial charge is 0.305 e. The number of unbranched alkanes of at least 4 members (excludes halogenated alkanes) is 1. The van der Waals surface area contributed by atoms with Gasteiger partial charge in [-0.1, -0.05) is 48.0 Å². The Hall–Kier alpha value is -3.21. The van der Waals surface area contributed by atoms with E-state index < -0.39 is 0 Å². The van der Waals surface area contributed by atoms with Gasteiger partial charge in [-0.3, -0.25) is 9.59 Å². The summed E-state index contributed by atoms with van der Waals surface area (Å²) in [4.78, 5) is 28.7. The summed E-state index contributed by atoms with van der Waals surface area (Å²) in [5, 5.41) is 3.78. The predicted molar refractivity (Wildman–Crippen MR) is 110 cm³/mol. The first kappa shape index (κ1) is 19.5. The lowest BCUT2D eigenvalue weighted by atomic mass is 10.0. The lowest BCUT2D eigenvalue weighted by Crippen LogP contribution is -2.25. The molecule has 0 aliphatic carbocycles. The number of esters is 1. The lowest BCUT2D eigenvalue weighted by molar-refractivity contribution is -0.140. The number of benzene rings is 2. The van der Waals surface area contributed by atoms with Gasteiger partial charge in [0.2, 0.25) is 0 Å². The monoisotopic (exact) mass is 376 g/mol. The number of methoxy groups -OCH3 is 1. The Morgan fingerprint density at radius 3 is 2.54 bits per heavy atom. The lowest BCUT2D eigenvalue weighted by Gasteiger charge is -2.11.